The Bertz CT molecular complexity index is 2290. The zero-order valence-electron chi connectivity index (χ0n) is 35.0. The van der Waals surface area contributed by atoms with Crippen LogP contribution in [-0.4, -0.2) is 101 Å². The summed E-state index contributed by atoms with van der Waals surface area (Å²) in [5, 5.41) is 0. The van der Waals surface area contributed by atoms with E-state index in [1.54, 1.807) is 13.8 Å². The van der Waals surface area contributed by atoms with Crippen LogP contribution >= 0.6 is 0 Å². The first kappa shape index (κ1) is 45.8. The van der Waals surface area contributed by atoms with Gasteiger partial charge < -0.3 is 56.8 Å². The summed E-state index contributed by atoms with van der Waals surface area (Å²) in [6, 6.07) is 16.4. The van der Waals surface area contributed by atoms with E-state index in [0.29, 0.717) is 0 Å². The average Bonchev–Trinajstić information content (AvgIpc) is 3.89. The molecule has 0 radical (unpaired) electrons. The molecule has 0 N–H and O–H groups in total. The van der Waals surface area contributed by atoms with Gasteiger partial charge >= 0.3 is 35.8 Å². The molecule has 0 aliphatic carbocycles. The lowest BCUT2D eigenvalue weighted by atomic mass is 10.1. The molecule has 0 saturated carbocycles. The molecule has 18 nitrogen and oxygen atoms in total. The summed E-state index contributed by atoms with van der Waals surface area (Å²) in [6.07, 6.45) is -1.28. The number of benzene rings is 4. The van der Waals surface area contributed by atoms with Crippen molar-refractivity contribution >= 4 is 35.8 Å². The fourth-order valence-electron chi connectivity index (χ4n) is 6.44. The summed E-state index contributed by atoms with van der Waals surface area (Å²) in [7, 11) is 2.65. The lowest BCUT2D eigenvalue weighted by Crippen LogP contribution is -2.36. The smallest absolute Gasteiger partial charge is 0.347 e. The highest BCUT2D eigenvalue weighted by molar-refractivity contribution is 5.97. The van der Waals surface area contributed by atoms with Crippen LogP contribution in [0.2, 0.25) is 0 Å². The third kappa shape index (κ3) is 10.7. The molecule has 0 unspecified atom stereocenters. The van der Waals surface area contributed by atoms with Crippen molar-refractivity contribution in [3.8, 4) is 46.0 Å². The number of hydrogen-bond acceptors (Lipinski definition) is 18. The van der Waals surface area contributed by atoms with Gasteiger partial charge in [-0.25, -0.2) is 28.8 Å². The van der Waals surface area contributed by atoms with Crippen LogP contribution in [0.5, 0.6) is 46.0 Å². The summed E-state index contributed by atoms with van der Waals surface area (Å²) in [5.41, 5.74) is 0.192. The monoisotopic (exact) mass is 882 g/mol. The molecular weight excluding hydrogens is 840 g/mol. The van der Waals surface area contributed by atoms with Crippen molar-refractivity contribution in [1.82, 2.24) is 0 Å². The minimum absolute atomic E-state index is 0.0108. The van der Waals surface area contributed by atoms with Gasteiger partial charge in [0.05, 0.1) is 51.8 Å². The minimum atomic E-state index is -0.869. The Morgan fingerprint density at radius 1 is 0.531 bits per heavy atom. The fraction of sp³-hybridized carbons (Fsp3) is 0.261. The topological polar surface area (TPSA) is 213 Å². The van der Waals surface area contributed by atoms with Gasteiger partial charge in [0.15, 0.2) is 35.2 Å². The van der Waals surface area contributed by atoms with Crippen molar-refractivity contribution in [1.29, 1.82) is 0 Å². The van der Waals surface area contributed by atoms with Crippen molar-refractivity contribution < 1.29 is 85.6 Å². The fourth-order valence-corrected chi connectivity index (χ4v) is 6.44. The third-order valence-corrected chi connectivity index (χ3v) is 9.40. The van der Waals surface area contributed by atoms with Crippen LogP contribution in [0.25, 0.3) is 0 Å². The van der Waals surface area contributed by atoms with Crippen molar-refractivity contribution in [2.45, 2.75) is 38.3 Å². The van der Waals surface area contributed by atoms with Crippen LogP contribution in [0.15, 0.2) is 98.1 Å². The molecule has 4 aromatic carbocycles. The van der Waals surface area contributed by atoms with Gasteiger partial charge in [0.1, 0.15) is 46.3 Å². The first-order valence-electron chi connectivity index (χ1n) is 19.6. The maximum Gasteiger partial charge on any atom is 0.347 e. The molecule has 2 fully saturated rings. The molecule has 6 rings (SSSR count). The Morgan fingerprint density at radius 3 is 1.30 bits per heavy atom. The largest absolute Gasteiger partial charge is 0.493 e. The first-order valence-corrected chi connectivity index (χ1v) is 19.6. The zero-order valence-corrected chi connectivity index (χ0v) is 35.0. The maximum atomic E-state index is 13.3. The van der Waals surface area contributed by atoms with Crippen LogP contribution in [-0.2, 0) is 28.5 Å². The predicted octanol–water partition coefficient (Wildman–Crippen LogP) is 5.67. The highest BCUT2D eigenvalue weighted by Crippen LogP contribution is 2.36. The first-order chi connectivity index (χ1) is 30.9. The van der Waals surface area contributed by atoms with Crippen molar-refractivity contribution in [3.05, 3.63) is 120 Å². The van der Waals surface area contributed by atoms with E-state index >= 15 is 0 Å². The van der Waals surface area contributed by atoms with E-state index in [2.05, 4.69) is 13.2 Å². The van der Waals surface area contributed by atoms with Gasteiger partial charge in [0.2, 0.25) is 0 Å². The van der Waals surface area contributed by atoms with Crippen molar-refractivity contribution in [2.75, 3.05) is 40.6 Å². The standard InChI is InChI=1S/C46H42O18/c1-7-39(47)59-27-13-15-29(33(21-27)55-9-3)45(51)61-31-17-11-25(19-35(31)53-5)43(49)63-37-23-57-42-38(24-58-41(37)42)64-44(50)26-12-18-32(36(20-26)54-6)62-46(52)30-16-14-28(60-40(48)8-2)22-34(30)56-10-4/h7-8,11-22,37-38,41-42H,1-2,9-10,23-24H2,3-6H3/t37-,38-,41-,42-/m1/s1. The van der Waals surface area contributed by atoms with Crippen LogP contribution < -0.4 is 37.9 Å². The van der Waals surface area contributed by atoms with Gasteiger partial charge in [-0.3, -0.25) is 0 Å². The van der Waals surface area contributed by atoms with E-state index in [9.17, 15) is 28.8 Å². The summed E-state index contributed by atoms with van der Waals surface area (Å²) in [6.45, 7) is 10.4. The SMILES string of the molecule is C=CC(=O)Oc1ccc(C(=O)Oc2ccc(C(=O)O[C@@H]3CO[C@H]4[C@@H]3OC[C@H]4OC(=O)c3ccc(OC(=O)c4ccc(OC(=O)C=C)cc4OCC)c(OC)c3)cc2OC)c(OCC)c1. The molecule has 0 spiro atoms. The number of ether oxygens (including phenoxy) is 12. The Labute approximate surface area is 366 Å². The van der Waals surface area contributed by atoms with Crippen LogP contribution in [0.4, 0.5) is 0 Å². The number of fused-ring (bicyclic) bond motifs is 1. The molecule has 2 aliphatic rings. The van der Waals surface area contributed by atoms with E-state index in [0.717, 1.165) is 12.2 Å². The van der Waals surface area contributed by atoms with Crippen LogP contribution in [0, 0.1) is 0 Å². The number of rotatable bonds is 18. The van der Waals surface area contributed by atoms with E-state index in [4.69, 9.17) is 56.8 Å². The Kier molecular flexibility index (Phi) is 15.0. The molecule has 64 heavy (non-hydrogen) atoms. The van der Waals surface area contributed by atoms with Gasteiger partial charge in [-0.1, -0.05) is 13.2 Å². The molecular formula is C46H42O18. The second-order valence-electron chi connectivity index (χ2n) is 13.4. The highest BCUT2D eigenvalue weighted by atomic mass is 16.7. The predicted molar refractivity (Wildman–Crippen MR) is 221 cm³/mol. The van der Waals surface area contributed by atoms with Gasteiger partial charge in [0.25, 0.3) is 0 Å². The molecule has 0 aromatic heterocycles. The van der Waals surface area contributed by atoms with E-state index in [-0.39, 0.29) is 94.7 Å². The Morgan fingerprint density at radius 2 is 0.938 bits per heavy atom. The quantitative estimate of drug-likeness (QED) is 0.0669. The highest BCUT2D eigenvalue weighted by Gasteiger charge is 2.51. The van der Waals surface area contributed by atoms with E-state index < -0.39 is 60.2 Å². The second kappa shape index (κ2) is 20.9. The normalized spacial score (nSPS) is 17.1. The molecule has 334 valence electrons. The number of carbonyl (C=O) groups is 6. The van der Waals surface area contributed by atoms with E-state index in [1.807, 2.05) is 0 Å². The lowest BCUT2D eigenvalue weighted by Gasteiger charge is -2.18. The van der Waals surface area contributed by atoms with Gasteiger partial charge in [0, 0.05) is 24.3 Å². The molecule has 4 aromatic rings. The average molecular weight is 883 g/mol. The third-order valence-electron chi connectivity index (χ3n) is 9.40. The summed E-state index contributed by atoms with van der Waals surface area (Å²) in [5.74, 6) is -3.99. The molecule has 2 heterocycles. The molecule has 18 heteroatoms. The number of hydrogen-bond donors (Lipinski definition) is 0. The number of carbonyl (C=O) groups excluding carboxylic acids is 6. The number of methoxy groups -OCH3 is 2. The van der Waals surface area contributed by atoms with Crippen molar-refractivity contribution in [3.63, 3.8) is 0 Å². The number of esters is 6. The van der Waals surface area contributed by atoms with Crippen LogP contribution in [0.1, 0.15) is 55.3 Å². The molecule has 0 amide bonds. The molecule has 2 aliphatic heterocycles. The minimum Gasteiger partial charge on any atom is -0.493 e. The second-order valence-corrected chi connectivity index (χ2v) is 13.4. The van der Waals surface area contributed by atoms with Gasteiger partial charge in [-0.2, -0.15) is 0 Å². The Balaban J connectivity index is 1.05. The van der Waals surface area contributed by atoms with Crippen LogP contribution in [0.3, 0.4) is 0 Å². The van der Waals surface area contributed by atoms with Gasteiger partial charge in [-0.15, -0.1) is 0 Å². The van der Waals surface area contributed by atoms with Gasteiger partial charge in [-0.05, 0) is 74.5 Å². The Hall–Kier alpha value is -7.70. The summed E-state index contributed by atoms with van der Waals surface area (Å²) in [4.78, 5) is 76.4. The lowest BCUT2D eigenvalue weighted by molar-refractivity contribution is -0.129. The van der Waals surface area contributed by atoms with E-state index in [1.165, 1.54) is 87.0 Å². The maximum absolute atomic E-state index is 13.3. The summed E-state index contributed by atoms with van der Waals surface area (Å²) < 4.78 is 66.6. The zero-order chi connectivity index (χ0) is 45.9. The van der Waals surface area contributed by atoms with Crippen molar-refractivity contribution in [2.24, 2.45) is 0 Å². The molecule has 4 atom stereocenters. The summed E-state index contributed by atoms with van der Waals surface area (Å²) >= 11 is 0. The molecule has 0 bridgehead atoms. The molecule has 2 saturated heterocycles.